The lowest BCUT2D eigenvalue weighted by molar-refractivity contribution is -0.265. The molecule has 15 unspecified atom stereocenters. The van der Waals surface area contributed by atoms with E-state index in [4.69, 9.17) is 18.9 Å². The first-order valence-corrected chi connectivity index (χ1v) is 24.2. The van der Waals surface area contributed by atoms with Crippen LogP contribution in [0.3, 0.4) is 0 Å². The second-order valence-corrected chi connectivity index (χ2v) is 20.0. The summed E-state index contributed by atoms with van der Waals surface area (Å²) in [6, 6.07) is -0.917. The Balaban J connectivity index is 1.70. The smallest absolute Gasteiger partial charge is 0.296 e. The number of piperidine rings is 1. The summed E-state index contributed by atoms with van der Waals surface area (Å²) < 4.78 is 23.2. The minimum absolute atomic E-state index is 0.0118. The molecule has 3 N–H and O–H groups in total. The van der Waals surface area contributed by atoms with E-state index in [2.05, 4.69) is 0 Å². The molecule has 3 aliphatic heterocycles. The molecule has 1 aliphatic carbocycles. The highest BCUT2D eigenvalue weighted by Gasteiger charge is 2.53. The molecule has 3 fully saturated rings. The van der Waals surface area contributed by atoms with Crippen LogP contribution in [0.1, 0.15) is 132 Å². The standard InChI is InChI=1S/C52H81NO12/c1-31-16-12-11-13-17-32(2)45(62-8)30-40-21-19-37(7)52(61,65-40)50(59)51(60)53-23-15-14-18-41(53)44(56)29-39(33(3)26-38-20-22-42(54)46(27-38)63-9)28-43(55)34(4)25-36(6)48(58)49(64-10)47(57)35(5)24-31/h11-13,16-17,25,31,33-35,37-42,45-46,48-49,54,58,61H,14-15,18-24,26-30H2,1-10H3/b13-11?,16-12+,32-17?,36-25+. The zero-order chi connectivity index (χ0) is 48.2. The van der Waals surface area contributed by atoms with Crippen LogP contribution in [-0.4, -0.2) is 126 Å². The number of aliphatic hydroxyl groups excluding tert-OH is 2. The van der Waals surface area contributed by atoms with Gasteiger partial charge in [-0.1, -0.05) is 71.1 Å². The van der Waals surface area contributed by atoms with E-state index in [9.17, 15) is 39.3 Å². The summed E-state index contributed by atoms with van der Waals surface area (Å²) >= 11 is 0. The van der Waals surface area contributed by atoms with Crippen LogP contribution in [0.4, 0.5) is 0 Å². The van der Waals surface area contributed by atoms with Gasteiger partial charge >= 0.3 is 0 Å². The van der Waals surface area contributed by atoms with Gasteiger partial charge in [0.1, 0.15) is 18.0 Å². The number of fused-ring (bicyclic) bond motifs is 3. The van der Waals surface area contributed by atoms with Crippen LogP contribution >= 0.6 is 0 Å². The first kappa shape index (κ1) is 54.4. The number of allylic oxidation sites excluding steroid dienone is 6. The molecule has 15 atom stereocenters. The minimum atomic E-state index is -2.39. The van der Waals surface area contributed by atoms with Gasteiger partial charge in [0, 0.05) is 64.9 Å². The van der Waals surface area contributed by atoms with Gasteiger partial charge in [-0.15, -0.1) is 0 Å². The molecule has 366 valence electrons. The quantitative estimate of drug-likeness (QED) is 0.186. The van der Waals surface area contributed by atoms with Crippen molar-refractivity contribution in [3.63, 3.8) is 0 Å². The topological polar surface area (TPSA) is 186 Å². The van der Waals surface area contributed by atoms with Crippen LogP contribution in [0, 0.1) is 41.4 Å². The van der Waals surface area contributed by atoms with Gasteiger partial charge in [-0.3, -0.25) is 24.0 Å². The van der Waals surface area contributed by atoms with Crippen molar-refractivity contribution in [1.82, 2.24) is 4.90 Å². The summed E-state index contributed by atoms with van der Waals surface area (Å²) in [6.07, 6.45) is 13.2. The molecule has 0 aromatic rings. The molecule has 65 heavy (non-hydrogen) atoms. The number of Topliss-reactive ketones (excluding diaryl/α,β-unsaturated/α-hetero) is 4. The molecule has 0 aromatic heterocycles. The van der Waals surface area contributed by atoms with Crippen LogP contribution in [0.25, 0.3) is 0 Å². The molecule has 1 saturated carbocycles. The predicted octanol–water partition coefficient (Wildman–Crippen LogP) is 6.84. The molecule has 2 bridgehead atoms. The van der Waals surface area contributed by atoms with E-state index < -0.39 is 77.7 Å². The van der Waals surface area contributed by atoms with Gasteiger partial charge in [0.05, 0.1) is 30.5 Å². The van der Waals surface area contributed by atoms with E-state index in [1.165, 1.54) is 12.0 Å². The Morgan fingerprint density at radius 2 is 1.52 bits per heavy atom. The van der Waals surface area contributed by atoms with Gasteiger partial charge in [0.2, 0.25) is 5.79 Å². The summed E-state index contributed by atoms with van der Waals surface area (Å²) in [5.41, 5.74) is 1.32. The molecule has 3 heterocycles. The Labute approximate surface area is 388 Å². The van der Waals surface area contributed by atoms with Crippen LogP contribution < -0.4 is 0 Å². The maximum atomic E-state index is 14.6. The van der Waals surface area contributed by atoms with Gasteiger partial charge < -0.3 is 39.2 Å². The van der Waals surface area contributed by atoms with E-state index >= 15 is 0 Å². The number of aliphatic hydroxyl groups is 3. The first-order chi connectivity index (χ1) is 30.7. The Morgan fingerprint density at radius 1 is 0.815 bits per heavy atom. The molecule has 0 spiro atoms. The lowest BCUT2D eigenvalue weighted by Gasteiger charge is -2.43. The molecule has 2 saturated heterocycles. The average Bonchev–Trinajstić information content (AvgIpc) is 3.28. The van der Waals surface area contributed by atoms with Gasteiger partial charge in [0.15, 0.2) is 11.6 Å². The summed E-state index contributed by atoms with van der Waals surface area (Å²) in [5, 5.41) is 33.9. The molecule has 0 aromatic carbocycles. The van der Waals surface area contributed by atoms with E-state index in [0.29, 0.717) is 69.8 Å². The normalized spacial score (nSPS) is 39.2. The summed E-state index contributed by atoms with van der Waals surface area (Å²) in [6.45, 7) is 13.1. The van der Waals surface area contributed by atoms with E-state index in [1.54, 1.807) is 41.1 Å². The number of amides is 1. The van der Waals surface area contributed by atoms with Crippen LogP contribution in [0.15, 0.2) is 47.6 Å². The van der Waals surface area contributed by atoms with Gasteiger partial charge in [-0.2, -0.15) is 0 Å². The Morgan fingerprint density at radius 3 is 2.20 bits per heavy atom. The molecular weight excluding hydrogens is 831 g/mol. The number of ether oxygens (including phenoxy) is 4. The van der Waals surface area contributed by atoms with E-state index in [-0.39, 0.29) is 60.6 Å². The largest absolute Gasteiger partial charge is 0.390 e. The minimum Gasteiger partial charge on any atom is -0.390 e. The summed E-state index contributed by atoms with van der Waals surface area (Å²) in [7, 11) is 4.57. The van der Waals surface area contributed by atoms with Crippen molar-refractivity contribution < 1.29 is 58.2 Å². The fourth-order valence-electron chi connectivity index (χ4n) is 10.6. The SMILES string of the molecule is COC1CC2CCC(C)C(O)(O2)C(=O)C(=O)N2CCCCC2C(=O)CC(C(C)CC2CCC(O)C(OC)C2)CC(=O)C(C)/C=C(\C)C(O)C(OC)C(=O)C(C)CC(C)/C=C/C=CC=C1C. The number of hydrogen-bond acceptors (Lipinski definition) is 12. The highest BCUT2D eigenvalue weighted by atomic mass is 16.6. The molecule has 13 heteroatoms. The molecule has 1 amide bonds. The maximum absolute atomic E-state index is 14.6. The third-order valence-electron chi connectivity index (χ3n) is 15.0. The zero-order valence-electron chi connectivity index (χ0n) is 40.9. The second kappa shape index (κ2) is 25.3. The van der Waals surface area contributed by atoms with Crippen molar-refractivity contribution in [3.05, 3.63) is 47.6 Å². The van der Waals surface area contributed by atoms with Gasteiger partial charge in [-0.05, 0) is 113 Å². The van der Waals surface area contributed by atoms with Crippen molar-refractivity contribution >= 4 is 29.0 Å². The highest BCUT2D eigenvalue weighted by Crippen LogP contribution is 2.39. The number of methoxy groups -OCH3 is 3. The number of hydrogen-bond donors (Lipinski definition) is 3. The number of rotatable bonds is 6. The molecule has 4 rings (SSSR count). The van der Waals surface area contributed by atoms with Crippen molar-refractivity contribution in [1.29, 1.82) is 0 Å². The zero-order valence-corrected chi connectivity index (χ0v) is 40.9. The van der Waals surface area contributed by atoms with E-state index in [1.807, 2.05) is 58.1 Å². The number of carbonyl (C=O) groups is 5. The molecule has 13 nitrogen and oxygen atoms in total. The third kappa shape index (κ3) is 14.4. The number of nitrogens with zero attached hydrogens (tertiary/aromatic N) is 1. The van der Waals surface area contributed by atoms with Gasteiger partial charge in [-0.25, -0.2) is 0 Å². The Kier molecular flexibility index (Phi) is 21.2. The Hall–Kier alpha value is -3.17. The third-order valence-corrected chi connectivity index (χ3v) is 15.0. The number of ketones is 4. The van der Waals surface area contributed by atoms with Crippen LogP contribution in [-0.2, 0) is 42.9 Å². The Bertz CT molecular complexity index is 1750. The van der Waals surface area contributed by atoms with Crippen LogP contribution in [0.2, 0.25) is 0 Å². The molecular formula is C52H81NO12. The maximum Gasteiger partial charge on any atom is 0.296 e. The first-order valence-electron chi connectivity index (χ1n) is 24.2. The lowest BCUT2D eigenvalue weighted by atomic mass is 9.74. The van der Waals surface area contributed by atoms with Gasteiger partial charge in [0.25, 0.3) is 11.7 Å². The second-order valence-electron chi connectivity index (χ2n) is 20.0. The fourth-order valence-corrected chi connectivity index (χ4v) is 10.6. The van der Waals surface area contributed by atoms with Crippen molar-refractivity contribution in [3.8, 4) is 0 Å². The lowest BCUT2D eigenvalue weighted by Crippen LogP contribution is -2.60. The van der Waals surface area contributed by atoms with Crippen molar-refractivity contribution in [2.45, 2.75) is 180 Å². The highest BCUT2D eigenvalue weighted by molar-refractivity contribution is 6.39. The van der Waals surface area contributed by atoms with Crippen LogP contribution in [0.5, 0.6) is 0 Å². The number of carbonyl (C=O) groups excluding carboxylic acids is 5. The monoisotopic (exact) mass is 912 g/mol. The summed E-state index contributed by atoms with van der Waals surface area (Å²) in [4.78, 5) is 72.3. The fraction of sp³-hybridized carbons (Fsp3) is 0.750. The molecule has 0 radical (unpaired) electrons. The summed E-state index contributed by atoms with van der Waals surface area (Å²) in [5.74, 6) is -7.12. The van der Waals surface area contributed by atoms with Crippen molar-refractivity contribution in [2.75, 3.05) is 27.9 Å². The average molecular weight is 912 g/mol. The van der Waals surface area contributed by atoms with Crippen molar-refractivity contribution in [2.24, 2.45) is 41.4 Å². The molecule has 4 aliphatic rings. The van der Waals surface area contributed by atoms with E-state index in [0.717, 1.165) is 12.0 Å². The predicted molar refractivity (Wildman–Crippen MR) is 248 cm³/mol.